The first-order valence-electron chi connectivity index (χ1n) is 6.68. The fourth-order valence-corrected chi connectivity index (χ4v) is 3.45. The summed E-state index contributed by atoms with van der Waals surface area (Å²) in [5.41, 5.74) is 5.80. The first kappa shape index (κ1) is 13.2. The maximum atomic E-state index is 12.4. The minimum absolute atomic E-state index is 0.142. The number of benzene rings is 2. The van der Waals surface area contributed by atoms with Crippen LogP contribution in [0.25, 0.3) is 6.08 Å². The number of hydrogen-bond donors (Lipinski definition) is 0. The van der Waals surface area contributed by atoms with Crippen molar-refractivity contribution in [1.82, 2.24) is 0 Å². The van der Waals surface area contributed by atoms with Crippen LogP contribution in [0.4, 0.5) is 0 Å². The van der Waals surface area contributed by atoms with E-state index in [9.17, 15) is 4.79 Å². The van der Waals surface area contributed by atoms with Crippen molar-refractivity contribution in [3.8, 4) is 0 Å². The normalized spacial score (nSPS) is 15.8. The van der Waals surface area contributed by atoms with E-state index in [-0.39, 0.29) is 5.78 Å². The quantitative estimate of drug-likeness (QED) is 0.688. The Hall–Kier alpha value is -1.80. The second-order valence-electron chi connectivity index (χ2n) is 5.16. The van der Waals surface area contributed by atoms with E-state index in [4.69, 9.17) is 0 Å². The van der Waals surface area contributed by atoms with Gasteiger partial charge in [-0.1, -0.05) is 36.0 Å². The maximum Gasteiger partial charge on any atom is 0.200 e. The predicted octanol–water partition coefficient (Wildman–Crippen LogP) is 4.94. The molecular weight excluding hydrogens is 264 g/mol. The van der Waals surface area contributed by atoms with Gasteiger partial charge in [0.2, 0.25) is 5.78 Å². The molecule has 0 spiro atoms. The van der Waals surface area contributed by atoms with Gasteiger partial charge in [-0.05, 0) is 61.2 Å². The van der Waals surface area contributed by atoms with Gasteiger partial charge in [0.05, 0.1) is 4.91 Å². The number of fused-ring (bicyclic) bond motifs is 1. The summed E-state index contributed by atoms with van der Waals surface area (Å²) in [7, 11) is 0. The van der Waals surface area contributed by atoms with E-state index in [1.807, 2.05) is 30.3 Å². The molecule has 1 heterocycles. The van der Waals surface area contributed by atoms with E-state index in [0.717, 1.165) is 20.9 Å². The van der Waals surface area contributed by atoms with Crippen LogP contribution >= 0.6 is 11.8 Å². The molecule has 0 N–H and O–H groups in total. The molecule has 0 unspecified atom stereocenters. The molecule has 2 heteroatoms. The number of allylic oxidation sites excluding steroid dienone is 1. The van der Waals surface area contributed by atoms with Gasteiger partial charge in [-0.15, -0.1) is 0 Å². The van der Waals surface area contributed by atoms with E-state index in [0.29, 0.717) is 0 Å². The van der Waals surface area contributed by atoms with E-state index in [1.54, 1.807) is 11.8 Å². The average molecular weight is 280 g/mol. The molecule has 0 atom stereocenters. The van der Waals surface area contributed by atoms with Crippen LogP contribution in [-0.2, 0) is 0 Å². The molecule has 0 aliphatic carbocycles. The molecule has 1 nitrogen and oxygen atoms in total. The van der Waals surface area contributed by atoms with Crippen molar-refractivity contribution in [2.45, 2.75) is 25.7 Å². The Morgan fingerprint density at radius 3 is 2.45 bits per heavy atom. The summed E-state index contributed by atoms with van der Waals surface area (Å²) >= 11 is 1.57. The van der Waals surface area contributed by atoms with Gasteiger partial charge in [0, 0.05) is 10.5 Å². The summed E-state index contributed by atoms with van der Waals surface area (Å²) in [6.07, 6.45) is 2.02. The summed E-state index contributed by atoms with van der Waals surface area (Å²) < 4.78 is 0. The SMILES string of the molecule is Cc1ccc(C=C2Sc3ccccc3C2=O)c(C)c1C. The third-order valence-electron chi connectivity index (χ3n) is 3.96. The van der Waals surface area contributed by atoms with Crippen molar-refractivity contribution in [3.63, 3.8) is 0 Å². The number of carbonyl (C=O) groups is 1. The lowest BCUT2D eigenvalue weighted by atomic mass is 9.98. The van der Waals surface area contributed by atoms with Crippen LogP contribution in [0.1, 0.15) is 32.6 Å². The summed E-state index contributed by atoms with van der Waals surface area (Å²) in [6.45, 7) is 6.36. The summed E-state index contributed by atoms with van der Waals surface area (Å²) in [5, 5.41) is 0. The lowest BCUT2D eigenvalue weighted by Gasteiger charge is -2.08. The van der Waals surface area contributed by atoms with E-state index >= 15 is 0 Å². The van der Waals surface area contributed by atoms with Crippen molar-refractivity contribution >= 4 is 23.6 Å². The van der Waals surface area contributed by atoms with E-state index in [2.05, 4.69) is 32.9 Å². The Morgan fingerprint density at radius 1 is 0.950 bits per heavy atom. The van der Waals surface area contributed by atoms with Gasteiger partial charge in [0.15, 0.2) is 0 Å². The van der Waals surface area contributed by atoms with Gasteiger partial charge >= 0.3 is 0 Å². The third kappa shape index (κ3) is 2.10. The molecular formula is C18H16OS. The van der Waals surface area contributed by atoms with Crippen LogP contribution < -0.4 is 0 Å². The second-order valence-corrected chi connectivity index (χ2v) is 6.24. The zero-order valence-corrected chi connectivity index (χ0v) is 12.7. The number of ketones is 1. The summed E-state index contributed by atoms with van der Waals surface area (Å²) in [6, 6.07) is 12.0. The van der Waals surface area contributed by atoms with Crippen LogP contribution in [0.3, 0.4) is 0 Å². The van der Waals surface area contributed by atoms with Gasteiger partial charge in [-0.2, -0.15) is 0 Å². The van der Waals surface area contributed by atoms with Crippen molar-refractivity contribution in [3.05, 3.63) is 69.1 Å². The van der Waals surface area contributed by atoms with Crippen molar-refractivity contribution in [2.24, 2.45) is 0 Å². The smallest absolute Gasteiger partial charge is 0.200 e. The van der Waals surface area contributed by atoms with Crippen LogP contribution in [0.15, 0.2) is 46.2 Å². The minimum Gasteiger partial charge on any atom is -0.288 e. The van der Waals surface area contributed by atoms with E-state index < -0.39 is 0 Å². The molecule has 0 saturated heterocycles. The topological polar surface area (TPSA) is 17.1 Å². The molecule has 2 aromatic carbocycles. The zero-order valence-electron chi connectivity index (χ0n) is 11.9. The molecule has 0 aromatic heterocycles. The Morgan fingerprint density at radius 2 is 1.70 bits per heavy atom. The van der Waals surface area contributed by atoms with Crippen LogP contribution in [0.2, 0.25) is 0 Å². The fourth-order valence-electron chi connectivity index (χ4n) is 2.41. The Kier molecular flexibility index (Phi) is 3.27. The molecule has 1 aliphatic heterocycles. The lowest BCUT2D eigenvalue weighted by Crippen LogP contribution is -1.95. The highest BCUT2D eigenvalue weighted by Crippen LogP contribution is 2.40. The predicted molar refractivity (Wildman–Crippen MR) is 85.3 cm³/mol. The number of hydrogen-bond acceptors (Lipinski definition) is 2. The summed E-state index contributed by atoms with van der Waals surface area (Å²) in [5.74, 6) is 0.142. The molecule has 0 bridgehead atoms. The highest BCUT2D eigenvalue weighted by Gasteiger charge is 2.25. The number of aryl methyl sites for hydroxylation is 1. The van der Waals surface area contributed by atoms with Gasteiger partial charge in [0.25, 0.3) is 0 Å². The fraction of sp³-hybridized carbons (Fsp3) is 0.167. The molecule has 2 aromatic rings. The van der Waals surface area contributed by atoms with Gasteiger partial charge in [-0.3, -0.25) is 4.79 Å². The molecule has 100 valence electrons. The number of thioether (sulfide) groups is 1. The molecule has 0 fully saturated rings. The molecule has 0 radical (unpaired) electrons. The van der Waals surface area contributed by atoms with E-state index in [1.165, 1.54) is 16.7 Å². The molecule has 1 aliphatic rings. The first-order chi connectivity index (χ1) is 9.58. The van der Waals surface area contributed by atoms with Crippen molar-refractivity contribution in [2.75, 3.05) is 0 Å². The number of rotatable bonds is 1. The third-order valence-corrected chi connectivity index (χ3v) is 5.06. The Bertz CT molecular complexity index is 741. The average Bonchev–Trinajstić information content (AvgIpc) is 2.77. The lowest BCUT2D eigenvalue weighted by molar-refractivity contribution is 0.104. The van der Waals surface area contributed by atoms with Gasteiger partial charge in [-0.25, -0.2) is 0 Å². The number of carbonyl (C=O) groups excluding carboxylic acids is 1. The Labute approximate surface area is 123 Å². The minimum atomic E-state index is 0.142. The molecule has 0 amide bonds. The summed E-state index contributed by atoms with van der Waals surface area (Å²) in [4.78, 5) is 14.3. The highest BCUT2D eigenvalue weighted by molar-refractivity contribution is 8.04. The number of Topliss-reactive ketones (excluding diaryl/α,β-unsaturated/α-hetero) is 1. The first-order valence-corrected chi connectivity index (χ1v) is 7.49. The Balaban J connectivity index is 2.04. The molecule has 0 saturated carbocycles. The van der Waals surface area contributed by atoms with Crippen molar-refractivity contribution < 1.29 is 4.79 Å². The van der Waals surface area contributed by atoms with Crippen LogP contribution in [0, 0.1) is 20.8 Å². The largest absolute Gasteiger partial charge is 0.288 e. The standard InChI is InChI=1S/C18H16OS/c1-11-8-9-14(13(3)12(11)2)10-17-18(19)15-6-4-5-7-16(15)20-17/h4-10H,1-3H3. The second kappa shape index (κ2) is 4.95. The maximum absolute atomic E-state index is 12.4. The highest BCUT2D eigenvalue weighted by atomic mass is 32.2. The van der Waals surface area contributed by atoms with Gasteiger partial charge in [0.1, 0.15) is 0 Å². The zero-order chi connectivity index (χ0) is 14.3. The van der Waals surface area contributed by atoms with Crippen LogP contribution in [-0.4, -0.2) is 5.78 Å². The van der Waals surface area contributed by atoms with Gasteiger partial charge < -0.3 is 0 Å². The molecule has 20 heavy (non-hydrogen) atoms. The molecule has 3 rings (SSSR count). The van der Waals surface area contributed by atoms with Crippen molar-refractivity contribution in [1.29, 1.82) is 0 Å². The van der Waals surface area contributed by atoms with Crippen LogP contribution in [0.5, 0.6) is 0 Å². The monoisotopic (exact) mass is 280 g/mol.